The largest absolute Gasteiger partial charge is 0.444 e. The van der Waals surface area contributed by atoms with Crippen LogP contribution in [0.2, 0.25) is 5.15 Å². The molecule has 1 aliphatic rings. The molecule has 3 heterocycles. The summed E-state index contributed by atoms with van der Waals surface area (Å²) >= 11 is 6.10. The first-order chi connectivity index (χ1) is 10.8. The lowest BCUT2D eigenvalue weighted by molar-refractivity contribution is 0.0196. The highest BCUT2D eigenvalue weighted by Crippen LogP contribution is 2.28. The van der Waals surface area contributed by atoms with Crippen LogP contribution in [0.25, 0.3) is 5.52 Å². The van der Waals surface area contributed by atoms with Crippen molar-refractivity contribution < 1.29 is 9.53 Å². The predicted molar refractivity (Wildman–Crippen MR) is 87.8 cm³/mol. The van der Waals surface area contributed by atoms with Gasteiger partial charge in [0.25, 0.3) is 0 Å². The van der Waals surface area contributed by atoms with Crippen molar-refractivity contribution in [2.75, 3.05) is 13.1 Å². The number of nitrogens with zero attached hydrogens (tertiary/aromatic N) is 4. The van der Waals surface area contributed by atoms with Gasteiger partial charge in [-0.2, -0.15) is 0 Å². The van der Waals surface area contributed by atoms with Crippen LogP contribution in [-0.2, 0) is 4.74 Å². The van der Waals surface area contributed by atoms with E-state index in [0.717, 1.165) is 30.7 Å². The number of ether oxygens (including phenoxy) is 1. The van der Waals surface area contributed by atoms with E-state index in [1.165, 1.54) is 0 Å². The first-order valence-corrected chi connectivity index (χ1v) is 8.18. The summed E-state index contributed by atoms with van der Waals surface area (Å²) in [5.74, 6) is 1.08. The van der Waals surface area contributed by atoms with Crippen molar-refractivity contribution in [2.45, 2.75) is 45.1 Å². The van der Waals surface area contributed by atoms with E-state index in [-0.39, 0.29) is 12.0 Å². The van der Waals surface area contributed by atoms with Gasteiger partial charge < -0.3 is 9.64 Å². The van der Waals surface area contributed by atoms with E-state index >= 15 is 0 Å². The fraction of sp³-hybridized carbons (Fsp3) is 0.562. The first-order valence-electron chi connectivity index (χ1n) is 7.80. The van der Waals surface area contributed by atoms with Gasteiger partial charge in [-0.05, 0) is 33.6 Å². The van der Waals surface area contributed by atoms with Gasteiger partial charge in [-0.25, -0.2) is 14.8 Å². The van der Waals surface area contributed by atoms with Crippen LogP contribution in [0.5, 0.6) is 0 Å². The number of likely N-dealkylation sites (tertiary alicyclic amines) is 1. The monoisotopic (exact) mass is 336 g/mol. The molecule has 0 N–H and O–H groups in total. The lowest BCUT2D eigenvalue weighted by Gasteiger charge is -2.33. The zero-order chi connectivity index (χ0) is 16.6. The summed E-state index contributed by atoms with van der Waals surface area (Å²) in [6, 6.07) is 0. The number of imidazole rings is 1. The SMILES string of the molecule is CC(C)(C)OC(=O)N1CCC[C@@H](c2ncc3c(Cl)nccn23)C1. The van der Waals surface area contributed by atoms with E-state index in [9.17, 15) is 4.79 Å². The molecule has 0 aliphatic carbocycles. The van der Waals surface area contributed by atoms with Gasteiger partial charge in [-0.3, -0.25) is 4.40 Å². The Morgan fingerprint density at radius 2 is 2.17 bits per heavy atom. The Morgan fingerprint density at radius 1 is 1.39 bits per heavy atom. The normalized spacial score (nSPS) is 19.1. The standard InChI is InChI=1S/C16H21ClN4O2/c1-16(2,3)23-15(22)20-7-4-5-11(10-20)14-19-9-12-13(17)18-6-8-21(12)14/h6,8-9,11H,4-5,7,10H2,1-3H3/t11-/m1/s1. The van der Waals surface area contributed by atoms with Crippen LogP contribution in [0.15, 0.2) is 18.6 Å². The molecule has 0 saturated carbocycles. The van der Waals surface area contributed by atoms with Crippen molar-refractivity contribution in [3.05, 3.63) is 29.6 Å². The van der Waals surface area contributed by atoms with Crippen LogP contribution in [-0.4, -0.2) is 44.1 Å². The maximum absolute atomic E-state index is 12.3. The highest BCUT2D eigenvalue weighted by Gasteiger charge is 2.30. The summed E-state index contributed by atoms with van der Waals surface area (Å²) < 4.78 is 7.44. The van der Waals surface area contributed by atoms with Crippen molar-refractivity contribution >= 4 is 23.2 Å². The van der Waals surface area contributed by atoms with Crippen molar-refractivity contribution in [2.24, 2.45) is 0 Å². The minimum atomic E-state index is -0.483. The van der Waals surface area contributed by atoms with Crippen LogP contribution in [0.4, 0.5) is 4.79 Å². The lowest BCUT2D eigenvalue weighted by Crippen LogP contribution is -2.42. The molecule has 1 fully saturated rings. The second kappa shape index (κ2) is 6.00. The van der Waals surface area contributed by atoms with Crippen molar-refractivity contribution in [1.29, 1.82) is 0 Å². The maximum atomic E-state index is 12.3. The Balaban J connectivity index is 1.80. The summed E-state index contributed by atoms with van der Waals surface area (Å²) in [5.41, 5.74) is 0.307. The van der Waals surface area contributed by atoms with Crippen molar-refractivity contribution in [3.63, 3.8) is 0 Å². The van der Waals surface area contributed by atoms with E-state index in [1.54, 1.807) is 17.3 Å². The fourth-order valence-corrected chi connectivity index (χ4v) is 3.09. The Hall–Kier alpha value is -1.82. The van der Waals surface area contributed by atoms with Crippen LogP contribution >= 0.6 is 11.6 Å². The molecular weight excluding hydrogens is 316 g/mol. The molecular formula is C16H21ClN4O2. The second-order valence-electron chi connectivity index (χ2n) is 6.86. The summed E-state index contributed by atoms with van der Waals surface area (Å²) in [5, 5.41) is 0.436. The Bertz CT molecular complexity index is 722. The number of carbonyl (C=O) groups excluding carboxylic acids is 1. The zero-order valence-corrected chi connectivity index (χ0v) is 14.4. The molecule has 2 aromatic rings. The van der Waals surface area contributed by atoms with E-state index in [0.29, 0.717) is 11.7 Å². The highest BCUT2D eigenvalue weighted by molar-refractivity contribution is 6.32. The molecule has 0 radical (unpaired) electrons. The van der Waals surface area contributed by atoms with Crippen LogP contribution < -0.4 is 0 Å². The van der Waals surface area contributed by atoms with Crippen LogP contribution in [0.1, 0.15) is 45.4 Å². The number of halogens is 1. The van der Waals surface area contributed by atoms with Gasteiger partial charge in [-0.1, -0.05) is 11.6 Å². The van der Waals surface area contributed by atoms with Gasteiger partial charge in [-0.15, -0.1) is 0 Å². The van der Waals surface area contributed by atoms with Gasteiger partial charge in [0.1, 0.15) is 16.9 Å². The van der Waals surface area contributed by atoms with E-state index in [4.69, 9.17) is 16.3 Å². The average molecular weight is 337 g/mol. The minimum Gasteiger partial charge on any atom is -0.444 e. The number of piperidine rings is 1. The minimum absolute atomic E-state index is 0.164. The number of aromatic nitrogens is 3. The molecule has 1 amide bonds. The highest BCUT2D eigenvalue weighted by atomic mass is 35.5. The summed E-state index contributed by atoms with van der Waals surface area (Å²) in [6.45, 7) is 6.96. The van der Waals surface area contributed by atoms with Gasteiger partial charge >= 0.3 is 6.09 Å². The number of fused-ring (bicyclic) bond motifs is 1. The molecule has 3 rings (SSSR count). The first kappa shape index (κ1) is 16.1. The topological polar surface area (TPSA) is 59.7 Å². The Kier molecular flexibility index (Phi) is 4.19. The molecule has 1 aliphatic heterocycles. The van der Waals surface area contributed by atoms with Gasteiger partial charge in [0.05, 0.1) is 6.20 Å². The van der Waals surface area contributed by atoms with Crippen molar-refractivity contribution in [3.8, 4) is 0 Å². The van der Waals surface area contributed by atoms with Crippen LogP contribution in [0, 0.1) is 0 Å². The smallest absolute Gasteiger partial charge is 0.410 e. The third-order valence-electron chi connectivity index (χ3n) is 3.88. The van der Waals surface area contributed by atoms with Crippen LogP contribution in [0.3, 0.4) is 0 Å². The molecule has 0 aromatic carbocycles. The van der Waals surface area contributed by atoms with Gasteiger partial charge in [0, 0.05) is 31.4 Å². The third-order valence-corrected chi connectivity index (χ3v) is 4.17. The molecule has 0 spiro atoms. The van der Waals surface area contributed by atoms with E-state index in [1.807, 2.05) is 31.4 Å². The zero-order valence-electron chi connectivity index (χ0n) is 13.6. The lowest BCUT2D eigenvalue weighted by atomic mass is 9.97. The molecule has 1 atom stereocenters. The number of rotatable bonds is 1. The second-order valence-corrected chi connectivity index (χ2v) is 7.21. The molecule has 0 bridgehead atoms. The molecule has 1 saturated heterocycles. The number of amides is 1. The third kappa shape index (κ3) is 3.42. The summed E-state index contributed by atoms with van der Waals surface area (Å²) in [7, 11) is 0. The Labute approximate surface area is 140 Å². The fourth-order valence-electron chi connectivity index (χ4n) is 2.90. The molecule has 6 nitrogen and oxygen atoms in total. The molecule has 7 heteroatoms. The number of hydrogen-bond acceptors (Lipinski definition) is 4. The van der Waals surface area contributed by atoms with E-state index in [2.05, 4.69) is 9.97 Å². The van der Waals surface area contributed by atoms with Gasteiger partial charge in [0.15, 0.2) is 5.15 Å². The quantitative estimate of drug-likeness (QED) is 0.799. The van der Waals surface area contributed by atoms with E-state index < -0.39 is 5.60 Å². The summed E-state index contributed by atoms with van der Waals surface area (Å²) in [6.07, 6.45) is 6.90. The maximum Gasteiger partial charge on any atom is 0.410 e. The molecule has 124 valence electrons. The summed E-state index contributed by atoms with van der Waals surface area (Å²) in [4.78, 5) is 22.6. The number of hydrogen-bond donors (Lipinski definition) is 0. The Morgan fingerprint density at radius 3 is 2.91 bits per heavy atom. The predicted octanol–water partition coefficient (Wildman–Crippen LogP) is 3.50. The van der Waals surface area contributed by atoms with Crippen molar-refractivity contribution in [1.82, 2.24) is 19.3 Å². The molecule has 23 heavy (non-hydrogen) atoms. The molecule has 0 unspecified atom stereocenters. The van der Waals surface area contributed by atoms with Gasteiger partial charge in [0.2, 0.25) is 0 Å². The molecule has 2 aromatic heterocycles. The number of carbonyl (C=O) groups is 1. The average Bonchev–Trinajstić information content (AvgIpc) is 2.91.